The zero-order chi connectivity index (χ0) is 20.6. The summed E-state index contributed by atoms with van der Waals surface area (Å²) in [6, 6.07) is 17.4. The Bertz CT molecular complexity index is 936. The van der Waals surface area contributed by atoms with Crippen LogP contribution in [0, 0.1) is 0 Å². The van der Waals surface area contributed by atoms with Crippen LogP contribution in [0.1, 0.15) is 16.1 Å². The Kier molecular flexibility index (Phi) is 6.68. The highest BCUT2D eigenvalue weighted by Gasteiger charge is 2.11. The lowest BCUT2D eigenvalue weighted by molar-refractivity contribution is 0.0383. The van der Waals surface area contributed by atoms with Crippen LogP contribution in [0.2, 0.25) is 0 Å². The van der Waals surface area contributed by atoms with Crippen LogP contribution in [0.3, 0.4) is 0 Å². The second-order valence-corrected chi connectivity index (χ2v) is 7.11. The van der Waals surface area contributed by atoms with Crippen LogP contribution in [-0.4, -0.2) is 65.2 Å². The van der Waals surface area contributed by atoms with E-state index in [1.807, 2.05) is 59.3 Å². The predicted octanol–water partition coefficient (Wildman–Crippen LogP) is 1.94. The molecule has 4 rings (SSSR count). The normalized spacial score (nSPS) is 14.4. The molecule has 8 nitrogen and oxygen atoms in total. The molecule has 1 saturated heterocycles. The fourth-order valence-electron chi connectivity index (χ4n) is 3.35. The second kappa shape index (κ2) is 10.00. The molecular formula is C22H26N6O2. The van der Waals surface area contributed by atoms with Gasteiger partial charge in [0.1, 0.15) is 0 Å². The molecule has 1 aliphatic rings. The number of ether oxygens (including phenoxy) is 1. The maximum absolute atomic E-state index is 12.3. The summed E-state index contributed by atoms with van der Waals surface area (Å²) in [7, 11) is 0. The highest BCUT2D eigenvalue weighted by Crippen LogP contribution is 2.13. The van der Waals surface area contributed by atoms with Gasteiger partial charge in [0.2, 0.25) is 0 Å². The van der Waals surface area contributed by atoms with E-state index < -0.39 is 0 Å². The number of anilines is 1. The number of rotatable bonds is 8. The first-order chi connectivity index (χ1) is 14.8. The minimum absolute atomic E-state index is 0.0545. The lowest BCUT2D eigenvalue weighted by Gasteiger charge is -2.26. The summed E-state index contributed by atoms with van der Waals surface area (Å²) in [5.74, 6) is -0.0545. The van der Waals surface area contributed by atoms with Crippen molar-refractivity contribution in [2.24, 2.45) is 0 Å². The molecule has 156 valence electrons. The molecule has 1 amide bonds. The Balaban J connectivity index is 1.27. The summed E-state index contributed by atoms with van der Waals surface area (Å²) < 4.78 is 7.15. The van der Waals surface area contributed by atoms with E-state index in [2.05, 4.69) is 25.8 Å². The minimum atomic E-state index is -0.0545. The maximum atomic E-state index is 12.3. The summed E-state index contributed by atoms with van der Waals surface area (Å²) in [5.41, 5.74) is 3.50. The van der Waals surface area contributed by atoms with Crippen LogP contribution in [0.15, 0.2) is 60.8 Å². The van der Waals surface area contributed by atoms with Crippen molar-refractivity contribution < 1.29 is 9.53 Å². The van der Waals surface area contributed by atoms with E-state index in [1.54, 1.807) is 6.20 Å². The van der Waals surface area contributed by atoms with Crippen molar-refractivity contribution in [3.63, 3.8) is 0 Å². The molecule has 0 saturated carbocycles. The minimum Gasteiger partial charge on any atom is -0.379 e. The van der Waals surface area contributed by atoms with Crippen molar-refractivity contribution in [2.45, 2.75) is 6.54 Å². The Morgan fingerprint density at radius 3 is 2.57 bits per heavy atom. The zero-order valence-corrected chi connectivity index (χ0v) is 16.8. The maximum Gasteiger partial charge on any atom is 0.251 e. The first kappa shape index (κ1) is 20.1. The van der Waals surface area contributed by atoms with Crippen LogP contribution in [-0.2, 0) is 11.3 Å². The predicted molar refractivity (Wildman–Crippen MR) is 115 cm³/mol. The van der Waals surface area contributed by atoms with Gasteiger partial charge in [-0.15, -0.1) is 5.10 Å². The van der Waals surface area contributed by atoms with E-state index in [4.69, 9.17) is 4.74 Å². The van der Waals surface area contributed by atoms with Crippen LogP contribution in [0.5, 0.6) is 0 Å². The molecule has 30 heavy (non-hydrogen) atoms. The molecule has 2 heterocycles. The van der Waals surface area contributed by atoms with Crippen LogP contribution >= 0.6 is 0 Å². The van der Waals surface area contributed by atoms with Gasteiger partial charge in [-0.05, 0) is 36.4 Å². The van der Waals surface area contributed by atoms with Crippen molar-refractivity contribution >= 4 is 11.6 Å². The topological polar surface area (TPSA) is 84.3 Å². The van der Waals surface area contributed by atoms with E-state index in [0.717, 1.165) is 49.9 Å². The average Bonchev–Trinajstić information content (AvgIpc) is 3.28. The van der Waals surface area contributed by atoms with Crippen molar-refractivity contribution in [1.82, 2.24) is 25.2 Å². The second-order valence-electron chi connectivity index (χ2n) is 7.11. The third-order valence-electron chi connectivity index (χ3n) is 5.06. The van der Waals surface area contributed by atoms with Crippen molar-refractivity contribution in [3.8, 4) is 5.69 Å². The summed E-state index contributed by atoms with van der Waals surface area (Å²) in [6.45, 7) is 5.44. The summed E-state index contributed by atoms with van der Waals surface area (Å²) in [4.78, 5) is 14.6. The van der Waals surface area contributed by atoms with Gasteiger partial charge in [0, 0.05) is 37.4 Å². The number of para-hydroxylation sites is 1. The molecule has 2 aromatic carbocycles. The van der Waals surface area contributed by atoms with Crippen molar-refractivity contribution in [2.75, 3.05) is 44.7 Å². The summed E-state index contributed by atoms with van der Waals surface area (Å²) in [5, 5.41) is 14.5. The highest BCUT2D eigenvalue weighted by atomic mass is 16.5. The molecule has 1 fully saturated rings. The first-order valence-corrected chi connectivity index (χ1v) is 10.2. The number of aromatic nitrogens is 3. The molecule has 2 N–H and O–H groups in total. The number of carbonyl (C=O) groups is 1. The van der Waals surface area contributed by atoms with Gasteiger partial charge >= 0.3 is 0 Å². The van der Waals surface area contributed by atoms with Crippen molar-refractivity contribution in [1.29, 1.82) is 0 Å². The number of carbonyl (C=O) groups excluding carboxylic acids is 1. The summed E-state index contributed by atoms with van der Waals surface area (Å²) in [6.07, 6.45) is 1.75. The largest absolute Gasteiger partial charge is 0.379 e. The Morgan fingerprint density at radius 2 is 1.80 bits per heavy atom. The molecular weight excluding hydrogens is 380 g/mol. The fraction of sp³-hybridized carbons (Fsp3) is 0.318. The molecule has 0 bridgehead atoms. The van der Waals surface area contributed by atoms with Crippen LogP contribution in [0.25, 0.3) is 5.69 Å². The van der Waals surface area contributed by atoms with Gasteiger partial charge in [-0.2, -0.15) is 0 Å². The molecule has 0 radical (unpaired) electrons. The van der Waals surface area contributed by atoms with Gasteiger partial charge in [0.15, 0.2) is 0 Å². The van der Waals surface area contributed by atoms with Gasteiger partial charge in [-0.25, -0.2) is 4.68 Å². The van der Waals surface area contributed by atoms with Crippen LogP contribution < -0.4 is 10.6 Å². The molecule has 1 aromatic heterocycles. The van der Waals surface area contributed by atoms with E-state index >= 15 is 0 Å². The Labute approximate surface area is 175 Å². The molecule has 0 unspecified atom stereocenters. The quantitative estimate of drug-likeness (QED) is 0.595. The number of hydrogen-bond acceptors (Lipinski definition) is 6. The van der Waals surface area contributed by atoms with Gasteiger partial charge < -0.3 is 15.4 Å². The lowest BCUT2D eigenvalue weighted by Crippen LogP contribution is -2.41. The number of amides is 1. The van der Waals surface area contributed by atoms with Crippen LogP contribution in [0.4, 0.5) is 5.69 Å². The number of hydrogen-bond donors (Lipinski definition) is 2. The number of morpholine rings is 1. The number of nitrogens with one attached hydrogen (secondary N) is 2. The molecule has 3 aromatic rings. The van der Waals surface area contributed by atoms with E-state index in [-0.39, 0.29) is 5.91 Å². The van der Waals surface area contributed by atoms with E-state index in [9.17, 15) is 4.79 Å². The highest BCUT2D eigenvalue weighted by molar-refractivity contribution is 5.94. The van der Waals surface area contributed by atoms with Gasteiger partial charge in [0.05, 0.1) is 37.3 Å². The number of nitrogens with zero attached hydrogens (tertiary/aromatic N) is 4. The smallest absolute Gasteiger partial charge is 0.251 e. The number of benzene rings is 2. The van der Waals surface area contributed by atoms with Gasteiger partial charge in [0.25, 0.3) is 5.91 Å². The van der Waals surface area contributed by atoms with Gasteiger partial charge in [-0.3, -0.25) is 9.69 Å². The zero-order valence-electron chi connectivity index (χ0n) is 16.8. The Morgan fingerprint density at radius 1 is 1.03 bits per heavy atom. The summed E-state index contributed by atoms with van der Waals surface area (Å²) >= 11 is 0. The molecule has 8 heteroatoms. The molecule has 0 spiro atoms. The lowest BCUT2D eigenvalue weighted by atomic mass is 10.2. The average molecular weight is 406 g/mol. The monoisotopic (exact) mass is 406 g/mol. The van der Waals surface area contributed by atoms with Gasteiger partial charge in [-0.1, -0.05) is 23.4 Å². The Hall–Kier alpha value is -3.23. The molecule has 0 atom stereocenters. The third kappa shape index (κ3) is 5.22. The third-order valence-corrected chi connectivity index (χ3v) is 5.06. The SMILES string of the molecule is O=C(NCCN1CCOCC1)c1ccc(NCc2cnnn2-c2ccccc2)cc1. The fourth-order valence-corrected chi connectivity index (χ4v) is 3.35. The first-order valence-electron chi connectivity index (χ1n) is 10.2. The van der Waals surface area contributed by atoms with E-state index in [1.165, 1.54) is 0 Å². The standard InChI is InChI=1S/C22H26N6O2/c29-22(23-10-11-27-12-14-30-15-13-27)18-6-8-19(9-7-18)24-16-21-17-25-26-28(21)20-4-2-1-3-5-20/h1-9,17,24H,10-16H2,(H,23,29). The van der Waals surface area contributed by atoms with Crippen molar-refractivity contribution in [3.05, 3.63) is 72.1 Å². The van der Waals surface area contributed by atoms with E-state index in [0.29, 0.717) is 18.7 Å². The molecule has 0 aliphatic carbocycles. The molecule has 1 aliphatic heterocycles.